The molecule has 294 valence electrons. The van der Waals surface area contributed by atoms with Crippen LogP contribution in [0, 0.1) is 0 Å². The third kappa shape index (κ3) is 5.91. The second kappa shape index (κ2) is 14.4. The van der Waals surface area contributed by atoms with Crippen LogP contribution in [0.5, 0.6) is 0 Å². The van der Waals surface area contributed by atoms with Gasteiger partial charge in [-0.1, -0.05) is 170 Å². The summed E-state index contributed by atoms with van der Waals surface area (Å²) in [6.07, 6.45) is 0. The number of hydrogen-bond acceptors (Lipinski definition) is 5. The Morgan fingerprint density at radius 1 is 0.381 bits per heavy atom. The normalized spacial score (nSPS) is 13.8. The van der Waals surface area contributed by atoms with Gasteiger partial charge in [0.15, 0.2) is 11.6 Å². The number of benzene rings is 9. The summed E-state index contributed by atoms with van der Waals surface area (Å²) >= 11 is 3.18. The first-order valence-electron chi connectivity index (χ1n) is 24.9. The Bertz CT molecular complexity index is 4400. The van der Waals surface area contributed by atoms with Crippen molar-refractivity contribution < 1.29 is 12.3 Å². The summed E-state index contributed by atoms with van der Waals surface area (Å²) in [6.45, 7) is 0. The summed E-state index contributed by atoms with van der Waals surface area (Å²) in [5.41, 5.74) is 5.65. The highest BCUT2D eigenvalue weighted by atomic mass is 32.1. The molecule has 4 nitrogen and oxygen atoms in total. The molecule has 0 aliphatic rings. The van der Waals surface area contributed by atoms with Gasteiger partial charge in [0, 0.05) is 62.2 Å². The Balaban J connectivity index is 1.11. The van der Waals surface area contributed by atoms with Gasteiger partial charge in [-0.2, -0.15) is 9.97 Å². The predicted molar refractivity (Wildman–Crippen MR) is 267 cm³/mol. The molecule has 0 N–H and O–H groups in total. The Labute approximate surface area is 383 Å². The molecular formula is C57H34N4S2. The molecule has 0 radical (unpaired) electrons. The van der Waals surface area contributed by atoms with Crippen LogP contribution in [0.25, 0.3) is 124 Å². The van der Waals surface area contributed by atoms with Crippen LogP contribution in [-0.4, -0.2) is 19.5 Å². The van der Waals surface area contributed by atoms with Crippen LogP contribution >= 0.6 is 22.7 Å². The molecule has 0 atom stereocenters. The number of nitrogens with zero attached hydrogens (tertiary/aromatic N) is 4. The van der Waals surface area contributed by atoms with Crippen molar-refractivity contribution in [2.24, 2.45) is 0 Å². The van der Waals surface area contributed by atoms with E-state index in [1.54, 1.807) is 41.7 Å². The summed E-state index contributed by atoms with van der Waals surface area (Å²) in [5, 5.41) is 5.57. The largest absolute Gasteiger partial charge is 0.277 e. The second-order valence-electron chi connectivity index (χ2n) is 15.3. The fraction of sp³-hybridized carbons (Fsp3) is 0. The molecule has 0 unspecified atom stereocenters. The van der Waals surface area contributed by atoms with Gasteiger partial charge in [-0.15, -0.1) is 22.7 Å². The van der Waals surface area contributed by atoms with Gasteiger partial charge in [0.25, 0.3) is 0 Å². The summed E-state index contributed by atoms with van der Waals surface area (Å²) in [6, 6.07) is 46.5. The first-order valence-corrected chi connectivity index (χ1v) is 22.0. The Morgan fingerprint density at radius 2 is 1.02 bits per heavy atom. The van der Waals surface area contributed by atoms with Crippen molar-refractivity contribution in [2.45, 2.75) is 0 Å². The molecule has 0 saturated carbocycles. The lowest BCUT2D eigenvalue weighted by molar-refractivity contribution is 0.955. The number of aromatic nitrogens is 4. The molecule has 0 bridgehead atoms. The van der Waals surface area contributed by atoms with E-state index in [-0.39, 0.29) is 70.5 Å². The fourth-order valence-electron chi connectivity index (χ4n) is 8.77. The lowest BCUT2D eigenvalue weighted by atomic mass is 9.99. The van der Waals surface area contributed by atoms with E-state index in [1.165, 1.54) is 11.3 Å². The van der Waals surface area contributed by atoms with E-state index in [2.05, 4.69) is 54.6 Å². The molecule has 0 aliphatic heterocycles. The minimum absolute atomic E-state index is 0.0372. The Morgan fingerprint density at radius 3 is 1.83 bits per heavy atom. The van der Waals surface area contributed by atoms with E-state index in [0.29, 0.717) is 16.7 Å². The average Bonchev–Trinajstić information content (AvgIpc) is 4.09. The van der Waals surface area contributed by atoms with Crippen LogP contribution in [0.3, 0.4) is 0 Å². The highest BCUT2D eigenvalue weighted by Crippen LogP contribution is 2.45. The molecule has 0 fully saturated rings. The zero-order valence-electron chi connectivity index (χ0n) is 42.0. The molecule has 13 aromatic rings. The molecule has 13 rings (SSSR count). The second-order valence-corrected chi connectivity index (χ2v) is 17.4. The molecule has 0 aliphatic carbocycles. The third-order valence-corrected chi connectivity index (χ3v) is 13.9. The number of hydrogen-bond donors (Lipinski definition) is 0. The highest BCUT2D eigenvalue weighted by molar-refractivity contribution is 7.26. The monoisotopic (exact) mass is 847 g/mol. The van der Waals surface area contributed by atoms with E-state index >= 15 is 0 Å². The molecular weight excluding hydrogens is 805 g/mol. The molecule has 0 spiro atoms. The van der Waals surface area contributed by atoms with Crippen molar-refractivity contribution >= 4 is 84.8 Å². The predicted octanol–water partition coefficient (Wildman–Crippen LogP) is 16.0. The summed E-state index contributed by atoms with van der Waals surface area (Å²) in [7, 11) is 0. The van der Waals surface area contributed by atoms with Crippen molar-refractivity contribution in [3.8, 4) is 62.1 Å². The number of rotatable bonds is 6. The first kappa shape index (κ1) is 28.0. The summed E-state index contributed by atoms with van der Waals surface area (Å²) in [4.78, 5) is 15.5. The van der Waals surface area contributed by atoms with Gasteiger partial charge >= 0.3 is 0 Å². The minimum Gasteiger partial charge on any atom is -0.277 e. The molecule has 4 heterocycles. The zero-order chi connectivity index (χ0) is 49.3. The molecule has 4 aromatic heterocycles. The maximum Gasteiger partial charge on any atom is 0.238 e. The number of thiophene rings is 2. The van der Waals surface area contributed by atoms with Gasteiger partial charge in [-0.3, -0.25) is 4.57 Å². The molecule has 0 saturated heterocycles. The summed E-state index contributed by atoms with van der Waals surface area (Å²) < 4.78 is 86.2. The van der Waals surface area contributed by atoms with E-state index in [9.17, 15) is 5.48 Å². The van der Waals surface area contributed by atoms with E-state index < -0.39 is 18.1 Å². The lowest BCUT2D eigenvalue weighted by Gasteiger charge is -2.12. The van der Waals surface area contributed by atoms with Crippen LogP contribution in [0.1, 0.15) is 12.3 Å². The van der Waals surface area contributed by atoms with Crippen LogP contribution in [0.2, 0.25) is 0 Å². The Kier molecular flexibility index (Phi) is 6.40. The highest BCUT2D eigenvalue weighted by Gasteiger charge is 2.23. The van der Waals surface area contributed by atoms with Crippen LogP contribution in [0.15, 0.2) is 206 Å². The van der Waals surface area contributed by atoms with Crippen molar-refractivity contribution in [3.05, 3.63) is 206 Å². The lowest BCUT2D eigenvalue weighted by Crippen LogP contribution is -2.06. The fourth-order valence-corrected chi connectivity index (χ4v) is 11.1. The average molecular weight is 848 g/mol. The SMILES string of the molecule is [2H]c1c([2H])c([2H])c(-c2cccc3sc4cc(-c5nc(-c6c([2H])c([2H])c(-c7ccccc7)c([2H])c6[2H])nc(-n6c7ccc(-c8ccccc8)cc7c7ccc8sc9ccccc9c8c76)n5)ccc4c23)c([2H])c1[2H]. The van der Waals surface area contributed by atoms with Crippen LogP contribution < -0.4 is 0 Å². The van der Waals surface area contributed by atoms with Crippen molar-refractivity contribution in [1.29, 1.82) is 0 Å². The quantitative estimate of drug-likeness (QED) is 0.167. The summed E-state index contributed by atoms with van der Waals surface area (Å²) in [5.74, 6) is 0.404. The van der Waals surface area contributed by atoms with Crippen LogP contribution in [-0.2, 0) is 0 Å². The van der Waals surface area contributed by atoms with E-state index in [0.717, 1.165) is 73.3 Å². The molecule has 0 amide bonds. The zero-order valence-corrected chi connectivity index (χ0v) is 34.7. The number of fused-ring (bicyclic) bond motifs is 10. The van der Waals surface area contributed by atoms with E-state index in [1.807, 2.05) is 71.3 Å². The third-order valence-electron chi connectivity index (χ3n) is 11.6. The standard InChI is InChI=1S/C57H34N4S2/c1-4-13-35(14-5-1)37-23-25-39(26-24-37)55-58-56(41-27-29-45-51(34-41)63-49-22-12-20-42(52(45)49)38-17-8-3-9-18-38)60-57(59-55)61-47-31-28-40(36-15-6-2-7-16-36)33-46(47)43-30-32-50-53(54(43)61)44-19-10-11-21-48(44)62-50/h1-34H/i3D,8D,9D,17D,18D,23D,24D,25D,26D. The van der Waals surface area contributed by atoms with Gasteiger partial charge < -0.3 is 0 Å². The maximum absolute atomic E-state index is 9.50. The van der Waals surface area contributed by atoms with Crippen molar-refractivity contribution in [3.63, 3.8) is 0 Å². The molecule has 9 aromatic carbocycles. The van der Waals surface area contributed by atoms with E-state index in [4.69, 9.17) is 21.8 Å². The van der Waals surface area contributed by atoms with Gasteiger partial charge in [0.05, 0.1) is 23.4 Å². The topological polar surface area (TPSA) is 43.6 Å². The van der Waals surface area contributed by atoms with Crippen LogP contribution in [0.4, 0.5) is 0 Å². The Hall–Kier alpha value is -7.77. The smallest absolute Gasteiger partial charge is 0.238 e. The maximum atomic E-state index is 9.50. The van der Waals surface area contributed by atoms with Gasteiger partial charge in [-0.25, -0.2) is 4.98 Å². The first-order chi connectivity index (χ1) is 35.0. The van der Waals surface area contributed by atoms with Gasteiger partial charge in [-0.05, 0) is 69.8 Å². The minimum atomic E-state index is -0.456. The van der Waals surface area contributed by atoms with Crippen molar-refractivity contribution in [1.82, 2.24) is 19.5 Å². The van der Waals surface area contributed by atoms with Gasteiger partial charge in [0.2, 0.25) is 5.95 Å². The molecule has 6 heteroatoms. The molecule has 63 heavy (non-hydrogen) atoms. The van der Waals surface area contributed by atoms with Gasteiger partial charge in [0.1, 0.15) is 0 Å². The van der Waals surface area contributed by atoms with Crippen molar-refractivity contribution in [2.75, 3.05) is 0 Å².